The molecule has 108 valence electrons. The standard InChI is InChI=1S/C13H20N2O2S.ClH/c1-10-5-6-11(2)13(8-10)18(16,17)15-7-3-4-12(14)9-15;/h5-6,8,12H,3-4,7,9,14H2,1-2H3;1H/t12-;/m1./s1. The molecule has 19 heavy (non-hydrogen) atoms. The first kappa shape index (κ1) is 16.4. The van der Waals surface area contributed by atoms with Crippen molar-refractivity contribution in [3.05, 3.63) is 29.3 Å². The summed E-state index contributed by atoms with van der Waals surface area (Å²) in [6.07, 6.45) is 1.74. The van der Waals surface area contributed by atoms with Gasteiger partial charge in [-0.1, -0.05) is 12.1 Å². The van der Waals surface area contributed by atoms with Crippen molar-refractivity contribution in [2.24, 2.45) is 5.73 Å². The van der Waals surface area contributed by atoms with Gasteiger partial charge in [-0.25, -0.2) is 8.42 Å². The number of rotatable bonds is 2. The Morgan fingerprint density at radius 2 is 2.00 bits per heavy atom. The zero-order valence-corrected chi connectivity index (χ0v) is 12.9. The molecule has 6 heteroatoms. The van der Waals surface area contributed by atoms with E-state index in [-0.39, 0.29) is 18.4 Å². The fourth-order valence-electron chi connectivity index (χ4n) is 2.32. The Balaban J connectivity index is 0.00000180. The fraction of sp³-hybridized carbons (Fsp3) is 0.538. The Bertz CT molecular complexity index is 546. The molecule has 1 aromatic rings. The lowest BCUT2D eigenvalue weighted by molar-refractivity contribution is 0.316. The Morgan fingerprint density at radius 1 is 1.32 bits per heavy atom. The van der Waals surface area contributed by atoms with Gasteiger partial charge in [0.2, 0.25) is 10.0 Å². The summed E-state index contributed by atoms with van der Waals surface area (Å²) in [6.45, 7) is 4.73. The Hall–Kier alpha value is -0.620. The molecule has 1 heterocycles. The van der Waals surface area contributed by atoms with Crippen LogP contribution in [-0.2, 0) is 10.0 Å². The van der Waals surface area contributed by atoms with Crippen LogP contribution in [0.5, 0.6) is 0 Å². The number of hydrogen-bond acceptors (Lipinski definition) is 3. The van der Waals surface area contributed by atoms with E-state index in [0.29, 0.717) is 18.0 Å². The van der Waals surface area contributed by atoms with Gasteiger partial charge in [0.25, 0.3) is 0 Å². The molecule has 0 unspecified atom stereocenters. The SMILES string of the molecule is Cc1ccc(C)c(S(=O)(=O)N2CCC[C@@H](N)C2)c1.Cl. The minimum atomic E-state index is -3.39. The van der Waals surface area contributed by atoms with Crippen LogP contribution in [0.4, 0.5) is 0 Å². The van der Waals surface area contributed by atoms with E-state index in [1.165, 1.54) is 4.31 Å². The average Bonchev–Trinajstić information content (AvgIpc) is 2.32. The van der Waals surface area contributed by atoms with Gasteiger partial charge in [0.15, 0.2) is 0 Å². The second-order valence-electron chi connectivity index (χ2n) is 5.03. The number of sulfonamides is 1. The monoisotopic (exact) mass is 304 g/mol. The number of benzene rings is 1. The Morgan fingerprint density at radius 3 is 2.63 bits per heavy atom. The Labute approximate surface area is 121 Å². The molecule has 2 rings (SSSR count). The number of aryl methyl sites for hydroxylation is 2. The molecule has 0 amide bonds. The lowest BCUT2D eigenvalue weighted by atomic mass is 10.1. The highest BCUT2D eigenvalue weighted by molar-refractivity contribution is 7.89. The number of halogens is 1. The molecular weight excluding hydrogens is 284 g/mol. The second kappa shape index (κ2) is 6.22. The summed E-state index contributed by atoms with van der Waals surface area (Å²) >= 11 is 0. The van der Waals surface area contributed by atoms with Crippen molar-refractivity contribution in [3.8, 4) is 0 Å². The van der Waals surface area contributed by atoms with Crippen molar-refractivity contribution in [2.75, 3.05) is 13.1 Å². The molecule has 0 aromatic heterocycles. The molecule has 1 aliphatic rings. The number of piperidine rings is 1. The van der Waals surface area contributed by atoms with E-state index in [1.54, 1.807) is 6.07 Å². The largest absolute Gasteiger partial charge is 0.327 e. The quantitative estimate of drug-likeness (QED) is 0.907. The maximum Gasteiger partial charge on any atom is 0.243 e. The zero-order valence-electron chi connectivity index (χ0n) is 11.3. The van der Waals surface area contributed by atoms with Gasteiger partial charge >= 0.3 is 0 Å². The topological polar surface area (TPSA) is 63.4 Å². The number of nitrogens with two attached hydrogens (primary N) is 1. The molecule has 1 aromatic carbocycles. The Kier molecular flexibility index (Phi) is 5.38. The number of hydrogen-bond donors (Lipinski definition) is 1. The van der Waals surface area contributed by atoms with Crippen molar-refractivity contribution in [1.29, 1.82) is 0 Å². The van der Waals surface area contributed by atoms with Crippen molar-refractivity contribution in [3.63, 3.8) is 0 Å². The normalized spacial score (nSPS) is 20.9. The molecule has 1 atom stereocenters. The summed E-state index contributed by atoms with van der Waals surface area (Å²) in [5.41, 5.74) is 7.61. The summed E-state index contributed by atoms with van der Waals surface area (Å²) < 4.78 is 26.7. The minimum Gasteiger partial charge on any atom is -0.327 e. The molecule has 0 bridgehead atoms. The molecular formula is C13H21ClN2O2S. The van der Waals surface area contributed by atoms with Crippen LogP contribution in [-0.4, -0.2) is 31.9 Å². The van der Waals surface area contributed by atoms with Crippen LogP contribution in [0.25, 0.3) is 0 Å². The van der Waals surface area contributed by atoms with Crippen molar-refractivity contribution >= 4 is 22.4 Å². The lowest BCUT2D eigenvalue weighted by Crippen LogP contribution is -2.45. The number of nitrogens with zero attached hydrogens (tertiary/aromatic N) is 1. The highest BCUT2D eigenvalue weighted by atomic mass is 35.5. The van der Waals surface area contributed by atoms with Gasteiger partial charge in [-0.05, 0) is 43.9 Å². The molecule has 0 radical (unpaired) electrons. The van der Waals surface area contributed by atoms with Crippen LogP contribution < -0.4 is 5.73 Å². The third kappa shape index (κ3) is 3.48. The molecule has 1 fully saturated rings. The van der Waals surface area contributed by atoms with Gasteiger partial charge < -0.3 is 5.73 Å². The van der Waals surface area contributed by atoms with E-state index < -0.39 is 10.0 Å². The van der Waals surface area contributed by atoms with Crippen LogP contribution in [0.15, 0.2) is 23.1 Å². The van der Waals surface area contributed by atoms with E-state index >= 15 is 0 Å². The molecule has 1 aliphatic heterocycles. The first-order valence-corrected chi connectivity index (χ1v) is 7.68. The summed E-state index contributed by atoms with van der Waals surface area (Å²) in [5.74, 6) is 0. The van der Waals surface area contributed by atoms with E-state index in [0.717, 1.165) is 24.0 Å². The average molecular weight is 305 g/mol. The summed E-state index contributed by atoms with van der Waals surface area (Å²) in [5, 5.41) is 0. The first-order chi connectivity index (χ1) is 8.41. The predicted octanol–water partition coefficient (Wildman–Crippen LogP) is 1.84. The summed E-state index contributed by atoms with van der Waals surface area (Å²) in [7, 11) is -3.39. The van der Waals surface area contributed by atoms with E-state index in [4.69, 9.17) is 5.73 Å². The molecule has 0 spiro atoms. The highest BCUT2D eigenvalue weighted by Gasteiger charge is 2.29. The maximum absolute atomic E-state index is 12.6. The summed E-state index contributed by atoms with van der Waals surface area (Å²) in [6, 6.07) is 5.48. The molecule has 2 N–H and O–H groups in total. The zero-order chi connectivity index (χ0) is 13.3. The molecule has 0 saturated carbocycles. The van der Waals surface area contributed by atoms with Gasteiger partial charge in [-0.15, -0.1) is 12.4 Å². The van der Waals surface area contributed by atoms with Crippen molar-refractivity contribution in [2.45, 2.75) is 37.6 Å². The van der Waals surface area contributed by atoms with E-state index in [1.807, 2.05) is 26.0 Å². The molecule has 4 nitrogen and oxygen atoms in total. The second-order valence-corrected chi connectivity index (χ2v) is 6.94. The minimum absolute atomic E-state index is 0. The van der Waals surface area contributed by atoms with Gasteiger partial charge in [-0.3, -0.25) is 0 Å². The molecule has 0 aliphatic carbocycles. The fourth-order valence-corrected chi connectivity index (χ4v) is 4.16. The van der Waals surface area contributed by atoms with Crippen molar-refractivity contribution in [1.82, 2.24) is 4.31 Å². The van der Waals surface area contributed by atoms with Gasteiger partial charge in [0, 0.05) is 19.1 Å². The van der Waals surface area contributed by atoms with Gasteiger partial charge in [0.05, 0.1) is 4.90 Å². The van der Waals surface area contributed by atoms with Crippen LogP contribution in [0.1, 0.15) is 24.0 Å². The van der Waals surface area contributed by atoms with Gasteiger partial charge in [-0.2, -0.15) is 4.31 Å². The first-order valence-electron chi connectivity index (χ1n) is 6.24. The van der Waals surface area contributed by atoms with Crippen molar-refractivity contribution < 1.29 is 8.42 Å². The predicted molar refractivity (Wildman–Crippen MR) is 79.1 cm³/mol. The van der Waals surface area contributed by atoms with E-state index in [2.05, 4.69) is 0 Å². The maximum atomic E-state index is 12.6. The third-order valence-corrected chi connectivity index (χ3v) is 5.39. The highest BCUT2D eigenvalue weighted by Crippen LogP contribution is 2.23. The van der Waals surface area contributed by atoms with Crippen LogP contribution in [0.2, 0.25) is 0 Å². The van der Waals surface area contributed by atoms with Crippen LogP contribution >= 0.6 is 12.4 Å². The van der Waals surface area contributed by atoms with E-state index in [9.17, 15) is 8.42 Å². The molecule has 1 saturated heterocycles. The lowest BCUT2D eigenvalue weighted by Gasteiger charge is -2.30. The smallest absolute Gasteiger partial charge is 0.243 e. The van der Waals surface area contributed by atoms with Crippen LogP contribution in [0, 0.1) is 13.8 Å². The van der Waals surface area contributed by atoms with Gasteiger partial charge in [0.1, 0.15) is 0 Å². The third-order valence-electron chi connectivity index (χ3n) is 3.38. The van der Waals surface area contributed by atoms with Crippen LogP contribution in [0.3, 0.4) is 0 Å². The summed E-state index contributed by atoms with van der Waals surface area (Å²) in [4.78, 5) is 0.414.